The van der Waals surface area contributed by atoms with Crippen molar-refractivity contribution in [1.82, 2.24) is 0 Å². The number of hydrogen-bond acceptors (Lipinski definition) is 6. The fourth-order valence-electron chi connectivity index (χ4n) is 3.90. The molecule has 0 fully saturated rings. The number of rotatable bonds is 6. The van der Waals surface area contributed by atoms with Crippen LogP contribution in [0.25, 0.3) is 11.0 Å². The summed E-state index contributed by atoms with van der Waals surface area (Å²) in [7, 11) is 4.72. The Morgan fingerprint density at radius 1 is 0.897 bits per heavy atom. The summed E-state index contributed by atoms with van der Waals surface area (Å²) in [6.45, 7) is 0.303. The molecule has 0 radical (unpaired) electrons. The van der Waals surface area contributed by atoms with Crippen LogP contribution in [0.4, 0.5) is 0 Å². The maximum absolute atomic E-state index is 12.3. The summed E-state index contributed by atoms with van der Waals surface area (Å²) >= 11 is 0. The zero-order valence-electron chi connectivity index (χ0n) is 16.9. The van der Waals surface area contributed by atoms with Gasteiger partial charge >= 0.3 is 5.63 Å². The van der Waals surface area contributed by atoms with E-state index in [0.29, 0.717) is 35.2 Å². The van der Waals surface area contributed by atoms with Gasteiger partial charge in [0.05, 0.1) is 21.3 Å². The van der Waals surface area contributed by atoms with Gasteiger partial charge in [0.15, 0.2) is 11.5 Å². The summed E-state index contributed by atoms with van der Waals surface area (Å²) in [4.78, 5) is 12.3. The van der Waals surface area contributed by atoms with Crippen molar-refractivity contribution >= 4 is 11.0 Å². The van der Waals surface area contributed by atoms with Crippen molar-refractivity contribution in [1.29, 1.82) is 0 Å². The van der Waals surface area contributed by atoms with E-state index in [2.05, 4.69) is 0 Å². The van der Waals surface area contributed by atoms with E-state index in [1.165, 1.54) is 0 Å². The van der Waals surface area contributed by atoms with Crippen LogP contribution < -0.4 is 24.6 Å². The second kappa shape index (κ2) is 8.07. The molecule has 152 valence electrons. The highest BCUT2D eigenvalue weighted by molar-refractivity contribution is 5.82. The van der Waals surface area contributed by atoms with E-state index in [1.807, 2.05) is 24.3 Å². The zero-order chi connectivity index (χ0) is 20.4. The molecule has 0 aliphatic heterocycles. The van der Waals surface area contributed by atoms with Crippen LogP contribution in [0.2, 0.25) is 0 Å². The molecule has 0 saturated carbocycles. The summed E-state index contributed by atoms with van der Waals surface area (Å²) in [5, 5.41) is 0.999. The van der Waals surface area contributed by atoms with E-state index < -0.39 is 0 Å². The van der Waals surface area contributed by atoms with Gasteiger partial charge in [-0.05, 0) is 61.1 Å². The van der Waals surface area contributed by atoms with Gasteiger partial charge in [0.2, 0.25) is 5.75 Å². The summed E-state index contributed by atoms with van der Waals surface area (Å²) in [5.74, 6) is 2.31. The van der Waals surface area contributed by atoms with Crippen molar-refractivity contribution < 1.29 is 23.4 Å². The summed E-state index contributed by atoms with van der Waals surface area (Å²) in [6.07, 6.45) is 3.86. The van der Waals surface area contributed by atoms with E-state index in [9.17, 15) is 4.79 Å². The van der Waals surface area contributed by atoms with E-state index >= 15 is 0 Å². The molecule has 4 rings (SSSR count). The maximum Gasteiger partial charge on any atom is 0.339 e. The standard InChI is InChI=1S/C23H24O6/c1-25-20-10-14(11-21(26-2)22(20)27-3)13-28-15-8-9-17-16-6-4-5-7-18(16)23(24)29-19(17)12-15/h8-12H,4-7,13H2,1-3H3. The van der Waals surface area contributed by atoms with Crippen LogP contribution in [-0.4, -0.2) is 21.3 Å². The fraction of sp³-hybridized carbons (Fsp3) is 0.348. The normalized spacial score (nSPS) is 13.1. The second-order valence-corrected chi connectivity index (χ2v) is 7.03. The molecule has 0 spiro atoms. The third-order valence-corrected chi connectivity index (χ3v) is 5.33. The predicted molar refractivity (Wildman–Crippen MR) is 110 cm³/mol. The van der Waals surface area contributed by atoms with Gasteiger partial charge in [-0.3, -0.25) is 0 Å². The Hall–Kier alpha value is -3.15. The first-order valence-corrected chi connectivity index (χ1v) is 9.65. The van der Waals surface area contributed by atoms with Gasteiger partial charge in [-0.15, -0.1) is 0 Å². The monoisotopic (exact) mass is 396 g/mol. The fourth-order valence-corrected chi connectivity index (χ4v) is 3.90. The molecular weight excluding hydrogens is 372 g/mol. The molecule has 0 saturated heterocycles. The van der Waals surface area contributed by atoms with Gasteiger partial charge in [-0.25, -0.2) is 4.79 Å². The maximum atomic E-state index is 12.3. The number of ether oxygens (including phenoxy) is 4. The molecule has 2 aromatic carbocycles. The lowest BCUT2D eigenvalue weighted by Gasteiger charge is -2.17. The van der Waals surface area contributed by atoms with Crippen LogP contribution in [0.3, 0.4) is 0 Å². The smallest absolute Gasteiger partial charge is 0.339 e. The Morgan fingerprint density at radius 3 is 2.24 bits per heavy atom. The molecule has 1 aromatic heterocycles. The molecule has 29 heavy (non-hydrogen) atoms. The summed E-state index contributed by atoms with van der Waals surface area (Å²) < 4.78 is 27.6. The zero-order valence-corrected chi connectivity index (χ0v) is 16.9. The number of aryl methyl sites for hydroxylation is 1. The van der Waals surface area contributed by atoms with Crippen molar-refractivity contribution in [3.63, 3.8) is 0 Å². The quantitative estimate of drug-likeness (QED) is 0.580. The van der Waals surface area contributed by atoms with Crippen molar-refractivity contribution in [2.75, 3.05) is 21.3 Å². The molecular formula is C23H24O6. The average molecular weight is 396 g/mol. The molecule has 0 bridgehead atoms. The predicted octanol–water partition coefficient (Wildman–Crippen LogP) is 4.28. The van der Waals surface area contributed by atoms with E-state index in [0.717, 1.165) is 47.8 Å². The highest BCUT2D eigenvalue weighted by atomic mass is 16.5. The highest BCUT2D eigenvalue weighted by Gasteiger charge is 2.18. The Kier molecular flexibility index (Phi) is 5.34. The van der Waals surface area contributed by atoms with Gasteiger partial charge < -0.3 is 23.4 Å². The van der Waals surface area contributed by atoms with Gasteiger partial charge in [0, 0.05) is 17.0 Å². The summed E-state index contributed by atoms with van der Waals surface area (Å²) in [5.41, 5.74) is 3.16. The van der Waals surface area contributed by atoms with E-state index in [-0.39, 0.29) is 5.63 Å². The van der Waals surface area contributed by atoms with Crippen molar-refractivity contribution in [3.05, 3.63) is 57.4 Å². The number of fused-ring (bicyclic) bond motifs is 3. The first-order valence-electron chi connectivity index (χ1n) is 9.65. The topological polar surface area (TPSA) is 67.1 Å². The molecule has 3 aromatic rings. The Morgan fingerprint density at radius 2 is 1.59 bits per heavy atom. The lowest BCUT2D eigenvalue weighted by molar-refractivity contribution is 0.298. The number of benzene rings is 2. The van der Waals surface area contributed by atoms with Crippen LogP contribution in [0.15, 0.2) is 39.5 Å². The SMILES string of the molecule is COc1cc(COc2ccc3c4c(c(=O)oc3c2)CCCC4)cc(OC)c1OC. The van der Waals surface area contributed by atoms with Crippen LogP contribution in [-0.2, 0) is 19.4 Å². The molecule has 1 heterocycles. The molecule has 0 unspecified atom stereocenters. The summed E-state index contributed by atoms with van der Waals surface area (Å²) in [6, 6.07) is 9.36. The first-order chi connectivity index (χ1) is 14.1. The number of methoxy groups -OCH3 is 3. The van der Waals surface area contributed by atoms with E-state index in [1.54, 1.807) is 27.4 Å². The van der Waals surface area contributed by atoms with Crippen molar-refractivity contribution in [2.45, 2.75) is 32.3 Å². The average Bonchev–Trinajstić information content (AvgIpc) is 2.76. The molecule has 0 atom stereocenters. The molecule has 1 aliphatic carbocycles. The Labute approximate surface area is 169 Å². The minimum absolute atomic E-state index is 0.228. The molecule has 1 aliphatic rings. The van der Waals surface area contributed by atoms with Gasteiger partial charge in [0.1, 0.15) is 17.9 Å². The van der Waals surface area contributed by atoms with Gasteiger partial charge in [-0.1, -0.05) is 0 Å². The Bertz CT molecular complexity index is 1070. The lowest BCUT2D eigenvalue weighted by atomic mass is 9.91. The highest BCUT2D eigenvalue weighted by Crippen LogP contribution is 2.38. The molecule has 0 N–H and O–H groups in total. The minimum atomic E-state index is -0.228. The van der Waals surface area contributed by atoms with Gasteiger partial charge in [0.25, 0.3) is 0 Å². The third-order valence-electron chi connectivity index (χ3n) is 5.33. The third kappa shape index (κ3) is 3.62. The van der Waals surface area contributed by atoms with Crippen LogP contribution >= 0.6 is 0 Å². The molecule has 6 nitrogen and oxygen atoms in total. The van der Waals surface area contributed by atoms with E-state index in [4.69, 9.17) is 23.4 Å². The number of hydrogen-bond donors (Lipinski definition) is 0. The molecule has 6 heteroatoms. The molecule has 0 amide bonds. The van der Waals surface area contributed by atoms with Crippen molar-refractivity contribution in [2.24, 2.45) is 0 Å². The first kappa shape index (κ1) is 19.2. The van der Waals surface area contributed by atoms with Gasteiger partial charge in [-0.2, -0.15) is 0 Å². The van der Waals surface area contributed by atoms with Crippen LogP contribution in [0.5, 0.6) is 23.0 Å². The van der Waals surface area contributed by atoms with Crippen molar-refractivity contribution in [3.8, 4) is 23.0 Å². The minimum Gasteiger partial charge on any atom is -0.493 e. The second-order valence-electron chi connectivity index (χ2n) is 7.03. The van der Waals surface area contributed by atoms with Crippen LogP contribution in [0.1, 0.15) is 29.5 Å². The largest absolute Gasteiger partial charge is 0.493 e. The lowest BCUT2D eigenvalue weighted by Crippen LogP contribution is -2.15. The Balaban J connectivity index is 1.61. The van der Waals surface area contributed by atoms with Crippen LogP contribution in [0, 0.1) is 0 Å².